The summed E-state index contributed by atoms with van der Waals surface area (Å²) in [7, 11) is 0. The lowest BCUT2D eigenvalue weighted by atomic mass is 10.0. The third-order valence-electron chi connectivity index (χ3n) is 5.02. The second kappa shape index (κ2) is 8.80. The number of nitrogens with zero attached hydrogens (tertiary/aromatic N) is 3. The molecule has 2 heterocycles. The molecule has 0 aliphatic heterocycles. The summed E-state index contributed by atoms with van der Waals surface area (Å²) < 4.78 is 3.88. The van der Waals surface area contributed by atoms with Gasteiger partial charge in [-0.3, -0.25) is 0 Å². The van der Waals surface area contributed by atoms with Crippen LogP contribution >= 0.6 is 0 Å². The first-order chi connectivity index (χ1) is 13.1. The molecule has 0 amide bonds. The van der Waals surface area contributed by atoms with Crippen LogP contribution in [0, 0.1) is 6.92 Å². The van der Waals surface area contributed by atoms with E-state index < -0.39 is 0 Å². The molecule has 0 radical (unpaired) electrons. The normalized spacial score (nSPS) is 11.2. The minimum absolute atomic E-state index is 0.0253. The van der Waals surface area contributed by atoms with Crippen molar-refractivity contribution in [3.63, 3.8) is 0 Å². The summed E-state index contributed by atoms with van der Waals surface area (Å²) in [6.07, 6.45) is 10.3. The molecule has 0 spiro atoms. The molecular weight excluding hydrogens is 338 g/mol. The van der Waals surface area contributed by atoms with Gasteiger partial charge in [0, 0.05) is 31.0 Å². The van der Waals surface area contributed by atoms with Crippen LogP contribution in [-0.2, 0) is 19.5 Å². The third-order valence-corrected chi connectivity index (χ3v) is 5.02. The third kappa shape index (κ3) is 4.35. The lowest BCUT2D eigenvalue weighted by Crippen LogP contribution is -2.05. The van der Waals surface area contributed by atoms with E-state index in [0.29, 0.717) is 6.54 Å². The van der Waals surface area contributed by atoms with Gasteiger partial charge in [0.25, 0.3) is 0 Å². The van der Waals surface area contributed by atoms with Crippen molar-refractivity contribution in [3.8, 4) is 22.9 Å². The van der Waals surface area contributed by atoms with Crippen molar-refractivity contribution in [2.45, 2.75) is 59.0 Å². The molecule has 0 aliphatic carbocycles. The molecule has 0 bridgehead atoms. The highest BCUT2D eigenvalue weighted by molar-refractivity contribution is 5.71. The molecule has 144 valence electrons. The van der Waals surface area contributed by atoms with Gasteiger partial charge in [-0.05, 0) is 31.7 Å². The first-order valence-electron chi connectivity index (χ1n) is 9.78. The SMILES string of the molecule is CCCCCc1c(O)c(O)n(CCCn2ccnc2)c1-c1ccc(C)cc1. The predicted octanol–water partition coefficient (Wildman–Crippen LogP) is 4.89. The summed E-state index contributed by atoms with van der Waals surface area (Å²) in [6, 6.07) is 8.28. The second-order valence-corrected chi connectivity index (χ2v) is 7.13. The van der Waals surface area contributed by atoms with Gasteiger partial charge in [0.2, 0.25) is 5.88 Å². The Kier molecular flexibility index (Phi) is 6.22. The van der Waals surface area contributed by atoms with Crippen LogP contribution in [0.25, 0.3) is 11.3 Å². The molecular formula is C22H29N3O2. The topological polar surface area (TPSA) is 63.2 Å². The number of aromatic hydroxyl groups is 2. The van der Waals surface area contributed by atoms with E-state index in [4.69, 9.17) is 0 Å². The maximum atomic E-state index is 10.6. The molecule has 3 aromatic rings. The molecule has 0 fully saturated rings. The Labute approximate surface area is 160 Å². The summed E-state index contributed by atoms with van der Waals surface area (Å²) >= 11 is 0. The van der Waals surface area contributed by atoms with E-state index >= 15 is 0 Å². The van der Waals surface area contributed by atoms with E-state index in [0.717, 1.165) is 55.5 Å². The van der Waals surface area contributed by atoms with Crippen molar-refractivity contribution >= 4 is 0 Å². The van der Waals surface area contributed by atoms with Crippen LogP contribution in [0.2, 0.25) is 0 Å². The van der Waals surface area contributed by atoms with Crippen LogP contribution in [0.5, 0.6) is 11.6 Å². The van der Waals surface area contributed by atoms with Crippen molar-refractivity contribution in [1.82, 2.24) is 14.1 Å². The zero-order chi connectivity index (χ0) is 19.2. The van der Waals surface area contributed by atoms with Gasteiger partial charge >= 0.3 is 0 Å². The summed E-state index contributed by atoms with van der Waals surface area (Å²) in [5, 5.41) is 21.2. The fourth-order valence-electron chi connectivity index (χ4n) is 3.52. The summed E-state index contributed by atoms with van der Waals surface area (Å²) in [4.78, 5) is 4.07. The van der Waals surface area contributed by atoms with E-state index in [-0.39, 0.29) is 11.6 Å². The minimum atomic E-state index is -0.0253. The van der Waals surface area contributed by atoms with Crippen LogP contribution in [0.3, 0.4) is 0 Å². The Morgan fingerprint density at radius 1 is 1.00 bits per heavy atom. The monoisotopic (exact) mass is 367 g/mol. The Morgan fingerprint density at radius 3 is 2.44 bits per heavy atom. The zero-order valence-corrected chi connectivity index (χ0v) is 16.2. The molecule has 1 aromatic carbocycles. The standard InChI is InChI=1S/C22H29N3O2/c1-3-4-5-7-19-20(18-10-8-17(2)9-11-18)25(22(27)21(19)26)14-6-13-24-15-12-23-16-24/h8-12,15-16,26-27H,3-7,13-14H2,1-2H3. The highest BCUT2D eigenvalue weighted by atomic mass is 16.3. The molecule has 3 rings (SSSR count). The van der Waals surface area contributed by atoms with Crippen LogP contribution in [0.1, 0.15) is 43.7 Å². The number of aromatic nitrogens is 3. The fraction of sp³-hybridized carbons (Fsp3) is 0.409. The largest absolute Gasteiger partial charge is 0.503 e. The Hall–Kier alpha value is -2.69. The molecule has 0 saturated carbocycles. The van der Waals surface area contributed by atoms with Gasteiger partial charge in [-0.1, -0.05) is 49.6 Å². The molecule has 0 saturated heterocycles. The lowest BCUT2D eigenvalue weighted by Gasteiger charge is -2.13. The lowest BCUT2D eigenvalue weighted by molar-refractivity contribution is 0.367. The maximum Gasteiger partial charge on any atom is 0.235 e. The number of hydrogen-bond donors (Lipinski definition) is 2. The average molecular weight is 367 g/mol. The number of unbranched alkanes of at least 4 members (excludes halogenated alkanes) is 2. The average Bonchev–Trinajstić information content (AvgIpc) is 3.26. The number of rotatable bonds is 9. The van der Waals surface area contributed by atoms with Crippen LogP contribution in [0.15, 0.2) is 43.0 Å². The first kappa shape index (κ1) is 19.1. The van der Waals surface area contributed by atoms with Crippen molar-refractivity contribution in [1.29, 1.82) is 0 Å². The van der Waals surface area contributed by atoms with Gasteiger partial charge in [0.05, 0.1) is 12.0 Å². The maximum absolute atomic E-state index is 10.6. The molecule has 5 nitrogen and oxygen atoms in total. The van der Waals surface area contributed by atoms with Crippen molar-refractivity contribution in [3.05, 3.63) is 54.1 Å². The number of benzene rings is 1. The Balaban J connectivity index is 1.91. The fourth-order valence-corrected chi connectivity index (χ4v) is 3.52. The number of imidazole rings is 1. The van der Waals surface area contributed by atoms with Gasteiger partial charge in [-0.25, -0.2) is 4.98 Å². The van der Waals surface area contributed by atoms with Crippen LogP contribution in [0.4, 0.5) is 0 Å². The van der Waals surface area contributed by atoms with E-state index in [2.05, 4.69) is 43.1 Å². The molecule has 2 N–H and O–H groups in total. The van der Waals surface area contributed by atoms with E-state index in [1.54, 1.807) is 12.5 Å². The Morgan fingerprint density at radius 2 is 1.78 bits per heavy atom. The van der Waals surface area contributed by atoms with Gasteiger partial charge in [0.15, 0.2) is 5.75 Å². The minimum Gasteiger partial charge on any atom is -0.503 e. The molecule has 2 aromatic heterocycles. The number of aryl methyl sites for hydroxylation is 2. The van der Waals surface area contributed by atoms with Gasteiger partial charge in [0.1, 0.15) is 0 Å². The summed E-state index contributed by atoms with van der Waals surface area (Å²) in [5.41, 5.74) is 4.02. The smallest absolute Gasteiger partial charge is 0.235 e. The highest BCUT2D eigenvalue weighted by Gasteiger charge is 2.22. The Bertz CT molecular complexity index is 849. The van der Waals surface area contributed by atoms with Crippen molar-refractivity contribution in [2.75, 3.05) is 0 Å². The summed E-state index contributed by atoms with van der Waals surface area (Å²) in [6.45, 7) is 5.68. The van der Waals surface area contributed by atoms with E-state index in [1.165, 1.54) is 5.56 Å². The quantitative estimate of drug-likeness (QED) is 0.529. The van der Waals surface area contributed by atoms with Crippen LogP contribution in [-0.4, -0.2) is 24.3 Å². The number of hydrogen-bond acceptors (Lipinski definition) is 3. The first-order valence-corrected chi connectivity index (χ1v) is 9.78. The molecule has 0 unspecified atom stereocenters. The molecule has 5 heteroatoms. The van der Waals surface area contributed by atoms with Crippen molar-refractivity contribution < 1.29 is 10.2 Å². The van der Waals surface area contributed by atoms with Gasteiger partial charge in [-0.15, -0.1) is 0 Å². The summed E-state index contributed by atoms with van der Waals surface area (Å²) in [5.74, 6) is 0.00649. The molecule has 0 atom stereocenters. The highest BCUT2D eigenvalue weighted by Crippen LogP contribution is 2.42. The van der Waals surface area contributed by atoms with E-state index in [9.17, 15) is 10.2 Å². The predicted molar refractivity (Wildman–Crippen MR) is 108 cm³/mol. The van der Waals surface area contributed by atoms with E-state index in [1.807, 2.05) is 15.3 Å². The van der Waals surface area contributed by atoms with Crippen molar-refractivity contribution in [2.24, 2.45) is 0 Å². The van der Waals surface area contributed by atoms with Gasteiger partial charge in [-0.2, -0.15) is 0 Å². The van der Waals surface area contributed by atoms with Crippen LogP contribution < -0.4 is 0 Å². The zero-order valence-electron chi connectivity index (χ0n) is 16.2. The van der Waals surface area contributed by atoms with Gasteiger partial charge < -0.3 is 19.3 Å². The molecule has 27 heavy (non-hydrogen) atoms. The molecule has 0 aliphatic rings. The second-order valence-electron chi connectivity index (χ2n) is 7.13.